The smallest absolute Gasteiger partial charge is 0.231 e. The molecule has 1 N–H and O–H groups in total. The van der Waals surface area contributed by atoms with E-state index in [-0.39, 0.29) is 17.4 Å². The number of aromatic nitrogens is 1. The number of amides is 1. The number of hydrogen-bond acceptors (Lipinski definition) is 3. The first-order chi connectivity index (χ1) is 10.4. The van der Waals surface area contributed by atoms with Crippen LogP contribution in [0.25, 0.3) is 0 Å². The molecule has 0 bridgehead atoms. The molecule has 3 nitrogen and oxygen atoms in total. The first kappa shape index (κ1) is 15.5. The van der Waals surface area contributed by atoms with E-state index in [1.54, 1.807) is 11.3 Å². The van der Waals surface area contributed by atoms with Crippen LogP contribution in [0.15, 0.2) is 24.3 Å². The highest BCUT2D eigenvalue weighted by Gasteiger charge is 2.51. The number of hydrogen-bond donors (Lipinski definition) is 1. The largest absolute Gasteiger partial charge is 0.347 e. The van der Waals surface area contributed by atoms with Crippen LogP contribution in [0.5, 0.6) is 0 Å². The quantitative estimate of drug-likeness (QED) is 0.904. The molecule has 3 rings (SSSR count). The standard InChI is InChI=1S/C17H19ClN2OS/c1-10(15-11(2)22-12(3)20-15)19-16(21)17(8-9-17)13-4-6-14(18)7-5-13/h4-7,10H,8-9H2,1-3H3,(H,19,21). The highest BCUT2D eigenvalue weighted by molar-refractivity contribution is 7.11. The number of nitrogens with zero attached hydrogens (tertiary/aromatic N) is 1. The Morgan fingerprint density at radius 1 is 1.32 bits per heavy atom. The van der Waals surface area contributed by atoms with E-state index in [2.05, 4.69) is 17.2 Å². The molecular formula is C17H19ClN2OS. The molecule has 116 valence electrons. The highest BCUT2D eigenvalue weighted by atomic mass is 35.5. The Balaban J connectivity index is 1.77. The maximum atomic E-state index is 12.7. The Morgan fingerprint density at radius 2 is 1.95 bits per heavy atom. The van der Waals surface area contributed by atoms with Crippen molar-refractivity contribution in [2.45, 2.75) is 45.1 Å². The Hall–Kier alpha value is -1.39. The van der Waals surface area contributed by atoms with Gasteiger partial charge in [-0.05, 0) is 51.3 Å². The van der Waals surface area contributed by atoms with Gasteiger partial charge in [0.2, 0.25) is 5.91 Å². The van der Waals surface area contributed by atoms with Gasteiger partial charge in [0.25, 0.3) is 0 Å². The second-order valence-corrected chi connectivity index (χ2v) is 7.80. The van der Waals surface area contributed by atoms with E-state index in [4.69, 9.17) is 11.6 Å². The van der Waals surface area contributed by atoms with Gasteiger partial charge in [-0.25, -0.2) is 4.98 Å². The molecule has 0 spiro atoms. The molecule has 1 saturated carbocycles. The molecule has 1 fully saturated rings. The number of carbonyl (C=O) groups excluding carboxylic acids is 1. The third-order valence-corrected chi connectivity index (χ3v) is 5.43. The van der Waals surface area contributed by atoms with Crippen molar-refractivity contribution >= 4 is 28.8 Å². The molecule has 1 amide bonds. The van der Waals surface area contributed by atoms with Gasteiger partial charge in [0, 0.05) is 9.90 Å². The van der Waals surface area contributed by atoms with Gasteiger partial charge in [-0.15, -0.1) is 11.3 Å². The lowest BCUT2D eigenvalue weighted by Crippen LogP contribution is -2.36. The topological polar surface area (TPSA) is 42.0 Å². The van der Waals surface area contributed by atoms with Gasteiger partial charge in [0.1, 0.15) is 0 Å². The minimum absolute atomic E-state index is 0.0674. The van der Waals surface area contributed by atoms with Crippen molar-refractivity contribution in [1.29, 1.82) is 0 Å². The summed E-state index contributed by atoms with van der Waals surface area (Å²) in [5.41, 5.74) is 1.65. The van der Waals surface area contributed by atoms with Gasteiger partial charge in [-0.1, -0.05) is 23.7 Å². The average Bonchev–Trinajstić information content (AvgIpc) is 3.20. The number of thiazole rings is 1. The summed E-state index contributed by atoms with van der Waals surface area (Å²) >= 11 is 7.61. The Morgan fingerprint density at radius 3 is 2.45 bits per heavy atom. The lowest BCUT2D eigenvalue weighted by Gasteiger charge is -2.19. The summed E-state index contributed by atoms with van der Waals surface area (Å²) in [4.78, 5) is 18.5. The second-order valence-electron chi connectivity index (χ2n) is 5.96. The summed E-state index contributed by atoms with van der Waals surface area (Å²) in [7, 11) is 0. The maximum Gasteiger partial charge on any atom is 0.231 e. The van der Waals surface area contributed by atoms with Crippen LogP contribution in [0.2, 0.25) is 5.02 Å². The molecule has 5 heteroatoms. The van der Waals surface area contributed by atoms with Crippen LogP contribution in [-0.2, 0) is 10.2 Å². The number of rotatable bonds is 4. The number of benzene rings is 1. The van der Waals surface area contributed by atoms with Gasteiger partial charge >= 0.3 is 0 Å². The molecule has 1 aromatic heterocycles. The Labute approximate surface area is 139 Å². The van der Waals surface area contributed by atoms with Crippen LogP contribution >= 0.6 is 22.9 Å². The van der Waals surface area contributed by atoms with Gasteiger partial charge in [-0.2, -0.15) is 0 Å². The lowest BCUT2D eigenvalue weighted by molar-refractivity contribution is -0.124. The van der Waals surface area contributed by atoms with Gasteiger partial charge in [0.05, 0.1) is 22.2 Å². The van der Waals surface area contributed by atoms with Crippen molar-refractivity contribution in [2.24, 2.45) is 0 Å². The van der Waals surface area contributed by atoms with Crippen molar-refractivity contribution in [3.63, 3.8) is 0 Å². The van der Waals surface area contributed by atoms with E-state index in [9.17, 15) is 4.79 Å². The molecule has 22 heavy (non-hydrogen) atoms. The summed E-state index contributed by atoms with van der Waals surface area (Å²) in [5.74, 6) is 0.0902. The molecule has 1 unspecified atom stereocenters. The average molecular weight is 335 g/mol. The zero-order valence-corrected chi connectivity index (χ0v) is 14.5. The van der Waals surface area contributed by atoms with E-state index in [0.29, 0.717) is 5.02 Å². The van der Waals surface area contributed by atoms with Gasteiger partial charge in [0.15, 0.2) is 0 Å². The molecule has 1 atom stereocenters. The number of aryl methyl sites for hydroxylation is 2. The normalized spacial score (nSPS) is 17.1. The fourth-order valence-electron chi connectivity index (χ4n) is 2.89. The number of halogens is 1. The molecule has 1 aromatic carbocycles. The minimum Gasteiger partial charge on any atom is -0.347 e. The van der Waals surface area contributed by atoms with Crippen LogP contribution in [0.4, 0.5) is 0 Å². The van der Waals surface area contributed by atoms with Crippen LogP contribution in [-0.4, -0.2) is 10.9 Å². The molecule has 1 aliphatic carbocycles. The van der Waals surface area contributed by atoms with Crippen molar-refractivity contribution in [2.75, 3.05) is 0 Å². The SMILES string of the molecule is Cc1nc(C(C)NC(=O)C2(c3ccc(Cl)cc3)CC2)c(C)s1. The fourth-order valence-corrected chi connectivity index (χ4v) is 3.93. The van der Waals surface area contributed by atoms with Crippen LogP contribution in [0.1, 0.15) is 46.9 Å². The summed E-state index contributed by atoms with van der Waals surface area (Å²) in [6.45, 7) is 6.04. The Kier molecular flexibility index (Phi) is 4.00. The molecule has 1 aliphatic rings. The van der Waals surface area contributed by atoms with E-state index >= 15 is 0 Å². The van der Waals surface area contributed by atoms with Crippen molar-refractivity contribution < 1.29 is 4.79 Å². The third-order valence-electron chi connectivity index (χ3n) is 4.28. The minimum atomic E-state index is -0.377. The molecule has 2 aromatic rings. The highest BCUT2D eigenvalue weighted by Crippen LogP contribution is 2.49. The summed E-state index contributed by atoms with van der Waals surface area (Å²) in [6, 6.07) is 7.54. The number of nitrogens with one attached hydrogen (secondary N) is 1. The monoisotopic (exact) mass is 334 g/mol. The van der Waals surface area contributed by atoms with Crippen LogP contribution in [0.3, 0.4) is 0 Å². The van der Waals surface area contributed by atoms with Crippen molar-refractivity contribution in [3.8, 4) is 0 Å². The van der Waals surface area contributed by atoms with Gasteiger partial charge < -0.3 is 5.32 Å². The van der Waals surface area contributed by atoms with E-state index in [1.165, 1.54) is 4.88 Å². The van der Waals surface area contributed by atoms with Crippen LogP contribution in [0, 0.1) is 13.8 Å². The van der Waals surface area contributed by atoms with E-state index < -0.39 is 0 Å². The Bertz CT molecular complexity index is 704. The predicted molar refractivity (Wildman–Crippen MR) is 90.5 cm³/mol. The lowest BCUT2D eigenvalue weighted by atomic mass is 9.94. The summed E-state index contributed by atoms with van der Waals surface area (Å²) in [5, 5.41) is 4.87. The first-order valence-corrected chi connectivity index (χ1v) is 8.63. The zero-order valence-electron chi connectivity index (χ0n) is 12.9. The number of carbonyl (C=O) groups is 1. The first-order valence-electron chi connectivity index (χ1n) is 7.43. The van der Waals surface area contributed by atoms with Crippen molar-refractivity contribution in [3.05, 3.63) is 50.4 Å². The molecular weight excluding hydrogens is 316 g/mol. The molecule has 1 heterocycles. The third kappa shape index (κ3) is 2.77. The molecule has 0 saturated heterocycles. The molecule has 0 aliphatic heterocycles. The summed E-state index contributed by atoms with van der Waals surface area (Å²) < 4.78 is 0. The van der Waals surface area contributed by atoms with E-state index in [0.717, 1.165) is 29.1 Å². The maximum absolute atomic E-state index is 12.7. The van der Waals surface area contributed by atoms with E-state index in [1.807, 2.05) is 38.1 Å². The molecule has 0 radical (unpaired) electrons. The predicted octanol–water partition coefficient (Wildman–Crippen LogP) is 4.32. The van der Waals surface area contributed by atoms with Gasteiger partial charge in [-0.3, -0.25) is 4.79 Å². The fraction of sp³-hybridized carbons (Fsp3) is 0.412. The van der Waals surface area contributed by atoms with Crippen LogP contribution < -0.4 is 5.32 Å². The second kappa shape index (κ2) is 5.67. The summed E-state index contributed by atoms with van der Waals surface area (Å²) in [6.07, 6.45) is 1.78. The zero-order chi connectivity index (χ0) is 15.9. The van der Waals surface area contributed by atoms with Crippen molar-refractivity contribution in [1.82, 2.24) is 10.3 Å².